The SMILES string of the molecule is CC/C=C\C/C=C\C/C=C\C/C=C\C/C=C\CCCCCCCCCCCCCC(=O)NC(COP(=O)([O-])OCC[N+](C)(C)C)C(/C=C\CCCCCCCCCCCCC)OC(=O)CCCCCCC\C=C/C=C/C=C/CC. The Morgan fingerprint density at radius 3 is 1.35 bits per heavy atom. The molecule has 10 heteroatoms. The summed E-state index contributed by atoms with van der Waals surface area (Å²) in [6.45, 7) is 6.58. The number of phosphoric ester groups is 1. The third-order valence-corrected chi connectivity index (χ3v) is 14.7. The molecule has 3 atom stereocenters. The third-order valence-electron chi connectivity index (χ3n) is 13.8. The molecule has 0 saturated heterocycles. The molecule has 0 bridgehead atoms. The lowest BCUT2D eigenvalue weighted by atomic mass is 10.0. The van der Waals surface area contributed by atoms with Crippen LogP contribution in [0.4, 0.5) is 0 Å². The van der Waals surface area contributed by atoms with E-state index in [4.69, 9.17) is 13.8 Å². The van der Waals surface area contributed by atoms with Crippen LogP contribution in [0.3, 0.4) is 0 Å². The van der Waals surface area contributed by atoms with E-state index in [1.165, 1.54) is 103 Å². The lowest BCUT2D eigenvalue weighted by Crippen LogP contribution is -2.47. The summed E-state index contributed by atoms with van der Waals surface area (Å²) in [7, 11) is 1.16. The maximum atomic E-state index is 13.6. The minimum Gasteiger partial charge on any atom is -0.756 e. The van der Waals surface area contributed by atoms with Crippen LogP contribution in [0.5, 0.6) is 0 Å². The number of carbonyl (C=O) groups excluding carboxylic acids is 2. The number of ether oxygens (including phenoxy) is 1. The molecule has 0 aromatic rings. The van der Waals surface area contributed by atoms with Crippen molar-refractivity contribution in [1.29, 1.82) is 0 Å². The number of likely N-dealkylation sites (N-methyl/N-ethyl adjacent to an activating group) is 1. The second kappa shape index (κ2) is 57.9. The predicted molar refractivity (Wildman–Crippen MR) is 339 cm³/mol. The molecule has 0 aromatic heterocycles. The third kappa shape index (κ3) is 59.1. The van der Waals surface area contributed by atoms with E-state index in [0.717, 1.165) is 122 Å². The zero-order valence-electron chi connectivity index (χ0n) is 51.8. The van der Waals surface area contributed by atoms with E-state index < -0.39 is 26.6 Å². The Morgan fingerprint density at radius 1 is 0.468 bits per heavy atom. The predicted octanol–water partition coefficient (Wildman–Crippen LogP) is 19.5. The Hall–Kier alpha value is -3.33. The standard InChI is InChI=1S/C69H121N2O7P/c1-7-10-13-16-19-22-25-28-29-30-31-32-33-34-35-36-37-38-39-40-41-44-46-49-52-55-58-61-68(72)70-66(65-77-79(74,75)76-64-63-71(4,5)6)67(60-57-54-51-48-45-42-26-23-20-17-14-11-8-2)78-69(73)62-59-56-53-50-47-43-27-24-21-18-15-12-9-3/h10,12-13,15,18-19,21-22,24,27-29,31-32,34-35,57,60,66-67H,7-9,11,14,16-17,20,23,25-26,30,33,36-56,58-59,61-65H2,1-6H3,(H-,70,72,74,75)/b13-10-,15-12+,21-18+,22-19-,27-24-,29-28-,32-31-,35-34-,60-57-. The number of hydrogen-bond donors (Lipinski definition) is 1. The lowest BCUT2D eigenvalue weighted by Gasteiger charge is -2.30. The van der Waals surface area contributed by atoms with Gasteiger partial charge in [-0.15, -0.1) is 0 Å². The number of carbonyl (C=O) groups is 2. The van der Waals surface area contributed by atoms with E-state index in [1.807, 2.05) is 33.3 Å². The molecule has 0 aromatic carbocycles. The monoisotopic (exact) mass is 1120 g/mol. The van der Waals surface area contributed by atoms with Crippen molar-refractivity contribution in [3.63, 3.8) is 0 Å². The van der Waals surface area contributed by atoms with Crippen molar-refractivity contribution < 1.29 is 37.3 Å². The Balaban J connectivity index is 5.12. The van der Waals surface area contributed by atoms with Crippen molar-refractivity contribution in [3.8, 4) is 0 Å². The number of phosphoric acid groups is 1. The van der Waals surface area contributed by atoms with E-state index in [1.54, 1.807) is 0 Å². The molecular formula is C69H121N2O7P. The van der Waals surface area contributed by atoms with Crippen LogP contribution in [0.2, 0.25) is 0 Å². The van der Waals surface area contributed by atoms with Crippen LogP contribution < -0.4 is 10.2 Å². The highest BCUT2D eigenvalue weighted by Crippen LogP contribution is 2.38. The summed E-state index contributed by atoms with van der Waals surface area (Å²) in [4.78, 5) is 40.0. The number of quaternary nitrogens is 1. The van der Waals surface area contributed by atoms with E-state index in [0.29, 0.717) is 23.9 Å². The molecule has 0 aliphatic carbocycles. The molecule has 9 nitrogen and oxygen atoms in total. The topological polar surface area (TPSA) is 114 Å². The Kier molecular flexibility index (Phi) is 55.4. The van der Waals surface area contributed by atoms with E-state index in [2.05, 4.69) is 123 Å². The average molecular weight is 1120 g/mol. The van der Waals surface area contributed by atoms with Gasteiger partial charge in [0.1, 0.15) is 19.3 Å². The number of rotatable bonds is 57. The molecule has 79 heavy (non-hydrogen) atoms. The van der Waals surface area contributed by atoms with Crippen molar-refractivity contribution in [2.75, 3.05) is 40.9 Å². The highest BCUT2D eigenvalue weighted by atomic mass is 31.2. The summed E-state index contributed by atoms with van der Waals surface area (Å²) in [5, 5.41) is 3.02. The van der Waals surface area contributed by atoms with Gasteiger partial charge in [-0.25, -0.2) is 0 Å². The van der Waals surface area contributed by atoms with Crippen LogP contribution in [0.1, 0.15) is 265 Å². The van der Waals surface area contributed by atoms with Gasteiger partial charge in [0.25, 0.3) is 7.82 Å². The second-order valence-corrected chi connectivity index (χ2v) is 24.0. The van der Waals surface area contributed by atoms with Gasteiger partial charge in [-0.2, -0.15) is 0 Å². The molecule has 0 aliphatic heterocycles. The second-order valence-electron chi connectivity index (χ2n) is 22.6. The van der Waals surface area contributed by atoms with Crippen LogP contribution in [-0.4, -0.2) is 69.4 Å². The number of allylic oxidation sites excluding steroid dienone is 17. The first-order chi connectivity index (χ1) is 38.4. The summed E-state index contributed by atoms with van der Waals surface area (Å²) >= 11 is 0. The van der Waals surface area contributed by atoms with Gasteiger partial charge in [0.2, 0.25) is 5.91 Å². The summed E-state index contributed by atoms with van der Waals surface area (Å²) in [6.07, 6.45) is 79.2. The normalized spacial score (nSPS) is 14.4. The highest BCUT2D eigenvalue weighted by molar-refractivity contribution is 7.45. The molecule has 0 spiro atoms. The number of hydrogen-bond acceptors (Lipinski definition) is 7. The zero-order valence-corrected chi connectivity index (χ0v) is 52.7. The van der Waals surface area contributed by atoms with Crippen LogP contribution in [0.25, 0.3) is 0 Å². The molecule has 0 saturated carbocycles. The summed E-state index contributed by atoms with van der Waals surface area (Å²) < 4.78 is 30.3. The maximum Gasteiger partial charge on any atom is 0.306 e. The van der Waals surface area contributed by atoms with Gasteiger partial charge < -0.3 is 28.5 Å². The molecule has 454 valence electrons. The molecular weight excluding hydrogens is 1000 g/mol. The Labute approximate surface area is 487 Å². The van der Waals surface area contributed by atoms with Gasteiger partial charge in [-0.3, -0.25) is 14.2 Å². The Morgan fingerprint density at radius 2 is 0.873 bits per heavy atom. The van der Waals surface area contributed by atoms with Gasteiger partial charge in [-0.05, 0) is 96.0 Å². The number of unbranched alkanes of at least 4 members (excludes halogenated alkanes) is 27. The minimum absolute atomic E-state index is 0.0312. The molecule has 3 unspecified atom stereocenters. The van der Waals surface area contributed by atoms with Crippen LogP contribution in [0, 0.1) is 0 Å². The summed E-state index contributed by atoms with van der Waals surface area (Å²) in [5.74, 6) is -0.571. The highest BCUT2D eigenvalue weighted by Gasteiger charge is 2.27. The van der Waals surface area contributed by atoms with Crippen LogP contribution >= 0.6 is 7.82 Å². The number of esters is 1. The number of nitrogens with one attached hydrogen (secondary N) is 1. The summed E-state index contributed by atoms with van der Waals surface area (Å²) in [5.41, 5.74) is 0. The molecule has 0 aliphatic rings. The Bertz CT molecular complexity index is 1720. The summed E-state index contributed by atoms with van der Waals surface area (Å²) in [6, 6.07) is -0.905. The van der Waals surface area contributed by atoms with Gasteiger partial charge in [0, 0.05) is 12.8 Å². The van der Waals surface area contributed by atoms with E-state index in [9.17, 15) is 19.0 Å². The first-order valence-corrected chi connectivity index (χ1v) is 33.7. The van der Waals surface area contributed by atoms with Gasteiger partial charge >= 0.3 is 5.97 Å². The zero-order chi connectivity index (χ0) is 57.9. The van der Waals surface area contributed by atoms with Crippen molar-refractivity contribution in [3.05, 3.63) is 109 Å². The molecule has 0 radical (unpaired) electrons. The smallest absolute Gasteiger partial charge is 0.306 e. The first kappa shape index (κ1) is 75.7. The quantitative estimate of drug-likeness (QED) is 0.0161. The molecule has 1 amide bonds. The van der Waals surface area contributed by atoms with E-state index >= 15 is 0 Å². The average Bonchev–Trinajstić information content (AvgIpc) is 3.41. The van der Waals surface area contributed by atoms with Crippen molar-refractivity contribution in [2.24, 2.45) is 0 Å². The van der Waals surface area contributed by atoms with Crippen molar-refractivity contribution >= 4 is 19.7 Å². The molecule has 1 N–H and O–H groups in total. The van der Waals surface area contributed by atoms with Gasteiger partial charge in [0.05, 0.1) is 33.8 Å². The number of nitrogens with zero attached hydrogens (tertiary/aromatic N) is 1. The van der Waals surface area contributed by atoms with Crippen LogP contribution in [0.15, 0.2) is 109 Å². The fourth-order valence-electron chi connectivity index (χ4n) is 8.84. The lowest BCUT2D eigenvalue weighted by molar-refractivity contribution is -0.870. The fraction of sp³-hybridized carbons (Fsp3) is 0.710. The molecule has 0 fully saturated rings. The van der Waals surface area contributed by atoms with E-state index in [-0.39, 0.29) is 24.9 Å². The largest absolute Gasteiger partial charge is 0.756 e. The van der Waals surface area contributed by atoms with Crippen LogP contribution in [-0.2, 0) is 27.9 Å². The van der Waals surface area contributed by atoms with Crippen molar-refractivity contribution in [2.45, 2.75) is 277 Å². The van der Waals surface area contributed by atoms with Gasteiger partial charge in [0.15, 0.2) is 0 Å². The number of amides is 1. The fourth-order valence-corrected chi connectivity index (χ4v) is 9.57. The van der Waals surface area contributed by atoms with Crippen molar-refractivity contribution in [1.82, 2.24) is 5.32 Å². The maximum absolute atomic E-state index is 13.6. The van der Waals surface area contributed by atoms with Gasteiger partial charge in [-0.1, -0.05) is 265 Å². The first-order valence-electron chi connectivity index (χ1n) is 32.2. The molecule has 0 heterocycles. The minimum atomic E-state index is -4.71. The molecule has 0 rings (SSSR count).